The largest absolute Gasteiger partial charge is 0.481 e. The molecule has 0 radical (unpaired) electrons. The number of hydrogen-bond donors (Lipinski definition) is 2. The Bertz CT molecular complexity index is 549. The Morgan fingerprint density at radius 1 is 1.42 bits per heavy atom. The van der Waals surface area contributed by atoms with Gasteiger partial charge < -0.3 is 5.11 Å². The van der Waals surface area contributed by atoms with E-state index in [0.29, 0.717) is 16.6 Å². The summed E-state index contributed by atoms with van der Waals surface area (Å²) in [6, 6.07) is 3.13. The molecule has 0 bridgehead atoms. The second kappa shape index (κ2) is 6.34. The number of carboxylic acid groups (broad SMARTS) is 1. The van der Waals surface area contributed by atoms with Gasteiger partial charge in [0, 0.05) is 6.54 Å². The van der Waals surface area contributed by atoms with Crippen LogP contribution in [0.1, 0.15) is 26.7 Å². The van der Waals surface area contributed by atoms with Crippen molar-refractivity contribution in [3.8, 4) is 0 Å². The first kappa shape index (κ1) is 16.6. The fourth-order valence-electron chi connectivity index (χ4n) is 1.62. The zero-order valence-corrected chi connectivity index (χ0v) is 13.9. The first-order valence-electron chi connectivity index (χ1n) is 5.76. The topological polar surface area (TPSA) is 83.5 Å². The second-order valence-electron chi connectivity index (χ2n) is 4.18. The summed E-state index contributed by atoms with van der Waals surface area (Å²) in [7, 11) is -3.65. The van der Waals surface area contributed by atoms with Gasteiger partial charge in [0.25, 0.3) is 0 Å². The average Bonchev–Trinajstić information content (AvgIpc) is 2.78. The number of carboxylic acids is 1. The normalized spacial score (nSPS) is 12.6. The van der Waals surface area contributed by atoms with Crippen molar-refractivity contribution in [1.29, 1.82) is 0 Å². The summed E-state index contributed by atoms with van der Waals surface area (Å²) in [5.41, 5.74) is -1.05. The maximum absolute atomic E-state index is 12.0. The highest BCUT2D eigenvalue weighted by atomic mass is 79.9. The third-order valence-corrected chi connectivity index (χ3v) is 6.74. The molecule has 0 saturated heterocycles. The lowest BCUT2D eigenvalue weighted by Crippen LogP contribution is -2.42. The van der Waals surface area contributed by atoms with Crippen molar-refractivity contribution >= 4 is 43.3 Å². The van der Waals surface area contributed by atoms with Crippen LogP contribution in [0.2, 0.25) is 0 Å². The van der Waals surface area contributed by atoms with Gasteiger partial charge in [-0.05, 0) is 40.9 Å². The quantitative estimate of drug-likeness (QED) is 0.773. The zero-order valence-electron chi connectivity index (χ0n) is 10.6. The van der Waals surface area contributed by atoms with Gasteiger partial charge in [0.2, 0.25) is 10.0 Å². The predicted molar refractivity (Wildman–Crippen MR) is 77.9 cm³/mol. The molecule has 1 aromatic heterocycles. The Labute approximate surface area is 125 Å². The predicted octanol–water partition coefficient (Wildman–Crippen LogP) is 2.68. The number of rotatable bonds is 7. The van der Waals surface area contributed by atoms with Gasteiger partial charge in [-0.2, -0.15) is 0 Å². The number of sulfonamides is 1. The van der Waals surface area contributed by atoms with E-state index in [4.69, 9.17) is 0 Å². The molecule has 8 heteroatoms. The lowest BCUT2D eigenvalue weighted by atomic mass is 9.83. The molecule has 0 unspecified atom stereocenters. The van der Waals surface area contributed by atoms with Crippen LogP contribution in [-0.4, -0.2) is 26.0 Å². The molecule has 0 spiro atoms. The fourth-order valence-corrected chi connectivity index (χ4v) is 4.81. The van der Waals surface area contributed by atoms with E-state index in [0.717, 1.165) is 11.3 Å². The highest BCUT2D eigenvalue weighted by molar-refractivity contribution is 9.11. The van der Waals surface area contributed by atoms with Gasteiger partial charge in [-0.15, -0.1) is 11.3 Å². The van der Waals surface area contributed by atoms with Crippen molar-refractivity contribution in [3.63, 3.8) is 0 Å². The van der Waals surface area contributed by atoms with Gasteiger partial charge in [0.15, 0.2) is 0 Å². The van der Waals surface area contributed by atoms with Crippen molar-refractivity contribution < 1.29 is 18.3 Å². The molecule has 0 aromatic carbocycles. The minimum Gasteiger partial charge on any atom is -0.481 e. The van der Waals surface area contributed by atoms with Crippen LogP contribution in [0.4, 0.5) is 0 Å². The van der Waals surface area contributed by atoms with Crippen molar-refractivity contribution in [1.82, 2.24) is 4.72 Å². The molecule has 0 atom stereocenters. The third kappa shape index (κ3) is 3.77. The Morgan fingerprint density at radius 3 is 2.37 bits per heavy atom. The van der Waals surface area contributed by atoms with Gasteiger partial charge in [0.05, 0.1) is 9.20 Å². The number of halogens is 1. The van der Waals surface area contributed by atoms with Crippen molar-refractivity contribution in [3.05, 3.63) is 15.9 Å². The van der Waals surface area contributed by atoms with Crippen molar-refractivity contribution in [2.75, 3.05) is 6.54 Å². The Morgan fingerprint density at radius 2 is 2.00 bits per heavy atom. The standard InChI is InChI=1S/C11H16BrNO4S2/c1-3-11(4-2,10(14)15)7-13-19(16,17)9-6-5-8(12)18-9/h5-6,13H,3-4,7H2,1-2H3,(H,14,15). The molecular formula is C11H16BrNO4S2. The summed E-state index contributed by atoms with van der Waals surface area (Å²) in [4.78, 5) is 11.3. The molecule has 2 N–H and O–H groups in total. The van der Waals surface area contributed by atoms with Crippen LogP contribution < -0.4 is 4.72 Å². The summed E-state index contributed by atoms with van der Waals surface area (Å²) in [5, 5.41) is 9.26. The van der Waals surface area contributed by atoms with Gasteiger partial charge in [-0.3, -0.25) is 4.79 Å². The van der Waals surface area contributed by atoms with E-state index in [1.54, 1.807) is 19.9 Å². The van der Waals surface area contributed by atoms with Crippen LogP contribution in [0.25, 0.3) is 0 Å². The minimum atomic E-state index is -3.65. The molecule has 5 nitrogen and oxygen atoms in total. The summed E-state index contributed by atoms with van der Waals surface area (Å²) in [6.07, 6.45) is 0.741. The highest BCUT2D eigenvalue weighted by Crippen LogP contribution is 2.29. The number of hydrogen-bond acceptors (Lipinski definition) is 4. The Balaban J connectivity index is 2.88. The van der Waals surface area contributed by atoms with Crippen LogP contribution in [0.15, 0.2) is 20.1 Å². The van der Waals surface area contributed by atoms with E-state index >= 15 is 0 Å². The number of carbonyl (C=O) groups is 1. The molecule has 0 aliphatic rings. The second-order valence-corrected chi connectivity index (χ2v) is 8.63. The highest BCUT2D eigenvalue weighted by Gasteiger charge is 2.36. The van der Waals surface area contributed by atoms with E-state index in [-0.39, 0.29) is 10.8 Å². The molecule has 0 amide bonds. The molecule has 1 rings (SSSR count). The molecule has 19 heavy (non-hydrogen) atoms. The van der Waals surface area contributed by atoms with Gasteiger partial charge in [0.1, 0.15) is 4.21 Å². The van der Waals surface area contributed by atoms with E-state index in [1.165, 1.54) is 6.07 Å². The molecule has 108 valence electrons. The molecular weight excluding hydrogens is 354 g/mol. The smallest absolute Gasteiger partial charge is 0.310 e. The van der Waals surface area contributed by atoms with Crippen molar-refractivity contribution in [2.24, 2.45) is 5.41 Å². The lowest BCUT2D eigenvalue weighted by molar-refractivity contribution is -0.149. The maximum atomic E-state index is 12.0. The monoisotopic (exact) mass is 369 g/mol. The summed E-state index contributed by atoms with van der Waals surface area (Å²) >= 11 is 4.29. The summed E-state index contributed by atoms with van der Waals surface area (Å²) < 4.78 is 27.3. The van der Waals surface area contributed by atoms with Crippen molar-refractivity contribution in [2.45, 2.75) is 30.9 Å². The molecule has 0 aliphatic heterocycles. The molecule has 0 aliphatic carbocycles. The van der Waals surface area contributed by atoms with E-state index < -0.39 is 21.4 Å². The first-order chi connectivity index (χ1) is 8.77. The van der Waals surface area contributed by atoms with Gasteiger partial charge in [-0.1, -0.05) is 13.8 Å². The molecule has 0 fully saturated rings. The van der Waals surface area contributed by atoms with Crippen LogP contribution in [0.5, 0.6) is 0 Å². The van der Waals surface area contributed by atoms with Gasteiger partial charge in [-0.25, -0.2) is 13.1 Å². The molecule has 0 saturated carbocycles. The summed E-state index contributed by atoms with van der Waals surface area (Å²) in [6.45, 7) is 3.38. The van der Waals surface area contributed by atoms with E-state index in [1.807, 2.05) is 0 Å². The zero-order chi connectivity index (χ0) is 14.7. The summed E-state index contributed by atoms with van der Waals surface area (Å²) in [5.74, 6) is -0.979. The average molecular weight is 370 g/mol. The number of nitrogens with one attached hydrogen (secondary N) is 1. The Hall–Kier alpha value is -0.440. The Kier molecular flexibility index (Phi) is 5.54. The number of thiophene rings is 1. The minimum absolute atomic E-state index is 0.104. The van der Waals surface area contributed by atoms with E-state index in [9.17, 15) is 18.3 Å². The molecule has 1 aromatic rings. The van der Waals surface area contributed by atoms with E-state index in [2.05, 4.69) is 20.7 Å². The first-order valence-corrected chi connectivity index (χ1v) is 8.85. The van der Waals surface area contributed by atoms with Crippen LogP contribution in [0.3, 0.4) is 0 Å². The fraction of sp³-hybridized carbons (Fsp3) is 0.545. The maximum Gasteiger partial charge on any atom is 0.310 e. The SMILES string of the molecule is CCC(CC)(CNS(=O)(=O)c1ccc(Br)s1)C(=O)O. The third-order valence-electron chi connectivity index (χ3n) is 3.22. The molecule has 1 heterocycles. The lowest BCUT2D eigenvalue weighted by Gasteiger charge is -2.26. The van der Waals surface area contributed by atoms with Crippen LogP contribution >= 0.6 is 27.3 Å². The van der Waals surface area contributed by atoms with Crippen LogP contribution in [-0.2, 0) is 14.8 Å². The van der Waals surface area contributed by atoms with Gasteiger partial charge >= 0.3 is 5.97 Å². The number of aliphatic carboxylic acids is 1. The van der Waals surface area contributed by atoms with Crippen LogP contribution in [0, 0.1) is 5.41 Å².